The molecular weight excluding hydrogens is 352 g/mol. The van der Waals surface area contributed by atoms with E-state index in [-0.39, 0.29) is 11.9 Å². The Bertz CT molecular complexity index is 784. The third-order valence-corrected chi connectivity index (χ3v) is 5.35. The Morgan fingerprint density at radius 2 is 1.43 bits per heavy atom. The van der Waals surface area contributed by atoms with Crippen molar-refractivity contribution in [3.05, 3.63) is 59.7 Å². The van der Waals surface area contributed by atoms with Crippen LogP contribution in [0.15, 0.2) is 48.5 Å². The van der Waals surface area contributed by atoms with Crippen molar-refractivity contribution in [1.29, 1.82) is 0 Å². The van der Waals surface area contributed by atoms with Gasteiger partial charge < -0.3 is 9.47 Å². The van der Waals surface area contributed by atoms with Crippen LogP contribution in [0.5, 0.6) is 11.5 Å². The van der Waals surface area contributed by atoms with Crippen LogP contribution in [-0.4, -0.2) is 11.9 Å². The van der Waals surface area contributed by atoms with Gasteiger partial charge in [0, 0.05) is 6.42 Å². The van der Waals surface area contributed by atoms with Crippen LogP contribution in [0.3, 0.4) is 0 Å². The molecule has 28 heavy (non-hydrogen) atoms. The van der Waals surface area contributed by atoms with E-state index >= 15 is 0 Å². The lowest BCUT2D eigenvalue weighted by Gasteiger charge is -2.26. The van der Waals surface area contributed by atoms with Crippen LogP contribution in [0.1, 0.15) is 74.2 Å². The van der Waals surface area contributed by atoms with E-state index in [0.29, 0.717) is 29.4 Å². The van der Waals surface area contributed by atoms with Gasteiger partial charge in [-0.1, -0.05) is 38.8 Å². The van der Waals surface area contributed by atoms with Crippen molar-refractivity contribution >= 4 is 11.9 Å². The second kappa shape index (κ2) is 9.54. The standard InChI is InChI=1S/C24H28O4/c1-3-4-23(25)27-21-13-15-22(16-14-21)28-24(26)20-11-9-19(10-12-20)18-7-5-17(2)6-8-18/h9-18H,3-8H2,1-2H3. The van der Waals surface area contributed by atoms with Gasteiger partial charge in [0.2, 0.25) is 0 Å². The molecule has 1 saturated carbocycles. The molecular formula is C24H28O4. The topological polar surface area (TPSA) is 52.6 Å². The highest BCUT2D eigenvalue weighted by molar-refractivity contribution is 5.91. The molecule has 0 saturated heterocycles. The molecule has 4 heteroatoms. The van der Waals surface area contributed by atoms with Crippen LogP contribution >= 0.6 is 0 Å². The summed E-state index contributed by atoms with van der Waals surface area (Å²) in [5.41, 5.74) is 1.84. The zero-order valence-corrected chi connectivity index (χ0v) is 16.6. The maximum absolute atomic E-state index is 12.4. The average Bonchev–Trinajstić information content (AvgIpc) is 2.70. The number of hydrogen-bond donors (Lipinski definition) is 0. The molecule has 0 aliphatic heterocycles. The van der Waals surface area contributed by atoms with Gasteiger partial charge in [0.25, 0.3) is 0 Å². The summed E-state index contributed by atoms with van der Waals surface area (Å²) in [6.45, 7) is 4.24. The Balaban J connectivity index is 1.56. The summed E-state index contributed by atoms with van der Waals surface area (Å²) in [5, 5.41) is 0. The van der Waals surface area contributed by atoms with E-state index in [1.54, 1.807) is 24.3 Å². The lowest BCUT2D eigenvalue weighted by Crippen LogP contribution is -2.12. The average molecular weight is 380 g/mol. The fourth-order valence-electron chi connectivity index (χ4n) is 3.61. The van der Waals surface area contributed by atoms with Gasteiger partial charge in [0.05, 0.1) is 5.56 Å². The fourth-order valence-corrected chi connectivity index (χ4v) is 3.61. The first-order chi connectivity index (χ1) is 13.5. The van der Waals surface area contributed by atoms with Crippen molar-refractivity contribution in [1.82, 2.24) is 0 Å². The minimum absolute atomic E-state index is 0.264. The Labute approximate surface area is 166 Å². The normalized spacial score (nSPS) is 19.1. The second-order valence-corrected chi connectivity index (χ2v) is 7.66. The van der Waals surface area contributed by atoms with Crippen LogP contribution in [0.4, 0.5) is 0 Å². The second-order valence-electron chi connectivity index (χ2n) is 7.66. The first kappa shape index (κ1) is 20.1. The lowest BCUT2D eigenvalue weighted by atomic mass is 9.79. The monoisotopic (exact) mass is 380 g/mol. The molecule has 1 aliphatic rings. The van der Waals surface area contributed by atoms with Crippen molar-refractivity contribution in [2.24, 2.45) is 5.92 Å². The Morgan fingerprint density at radius 1 is 0.857 bits per heavy atom. The zero-order valence-electron chi connectivity index (χ0n) is 16.6. The summed E-state index contributed by atoms with van der Waals surface area (Å²) in [6.07, 6.45) is 6.12. The number of ether oxygens (including phenoxy) is 2. The van der Waals surface area contributed by atoms with Gasteiger partial charge in [-0.2, -0.15) is 0 Å². The highest BCUT2D eigenvalue weighted by Crippen LogP contribution is 2.35. The van der Waals surface area contributed by atoms with E-state index in [4.69, 9.17) is 9.47 Å². The van der Waals surface area contributed by atoms with Gasteiger partial charge in [-0.15, -0.1) is 0 Å². The van der Waals surface area contributed by atoms with E-state index in [0.717, 1.165) is 12.3 Å². The van der Waals surface area contributed by atoms with E-state index in [1.807, 2.05) is 31.2 Å². The Hall–Kier alpha value is -2.62. The minimum Gasteiger partial charge on any atom is -0.427 e. The van der Waals surface area contributed by atoms with Crippen molar-refractivity contribution in [2.75, 3.05) is 0 Å². The van der Waals surface area contributed by atoms with Crippen LogP contribution in [0.25, 0.3) is 0 Å². The largest absolute Gasteiger partial charge is 0.427 e. The molecule has 1 aliphatic carbocycles. The van der Waals surface area contributed by atoms with Crippen LogP contribution in [0.2, 0.25) is 0 Å². The van der Waals surface area contributed by atoms with Crippen LogP contribution in [0, 0.1) is 5.92 Å². The minimum atomic E-state index is -0.389. The highest BCUT2D eigenvalue weighted by Gasteiger charge is 2.20. The molecule has 0 unspecified atom stereocenters. The van der Waals surface area contributed by atoms with E-state index in [2.05, 4.69) is 6.92 Å². The summed E-state index contributed by atoms with van der Waals surface area (Å²) < 4.78 is 10.6. The number of rotatable bonds is 6. The van der Waals surface area contributed by atoms with E-state index in [1.165, 1.54) is 31.2 Å². The van der Waals surface area contributed by atoms with Gasteiger partial charge in [-0.3, -0.25) is 4.79 Å². The molecule has 4 nitrogen and oxygen atoms in total. The Kier molecular flexibility index (Phi) is 6.85. The summed E-state index contributed by atoms with van der Waals surface area (Å²) >= 11 is 0. The van der Waals surface area contributed by atoms with Gasteiger partial charge in [0.1, 0.15) is 11.5 Å². The predicted octanol–water partition coefficient (Wildman–Crippen LogP) is 5.91. The summed E-state index contributed by atoms with van der Waals surface area (Å²) in [5.74, 6) is 1.64. The molecule has 148 valence electrons. The van der Waals surface area contributed by atoms with Crippen LogP contribution in [-0.2, 0) is 4.79 Å². The van der Waals surface area contributed by atoms with Crippen LogP contribution < -0.4 is 9.47 Å². The maximum Gasteiger partial charge on any atom is 0.343 e. The number of hydrogen-bond acceptors (Lipinski definition) is 4. The lowest BCUT2D eigenvalue weighted by molar-refractivity contribution is -0.134. The van der Waals surface area contributed by atoms with Crippen molar-refractivity contribution < 1.29 is 19.1 Å². The molecule has 0 amide bonds. The summed E-state index contributed by atoms with van der Waals surface area (Å²) in [6, 6.07) is 14.3. The first-order valence-electron chi connectivity index (χ1n) is 10.2. The number of carbonyl (C=O) groups is 2. The maximum atomic E-state index is 12.4. The smallest absolute Gasteiger partial charge is 0.343 e. The van der Waals surface area contributed by atoms with E-state index in [9.17, 15) is 9.59 Å². The number of esters is 2. The Morgan fingerprint density at radius 3 is 2.00 bits per heavy atom. The molecule has 0 spiro atoms. The number of carbonyl (C=O) groups excluding carboxylic acids is 2. The molecule has 2 aromatic carbocycles. The first-order valence-corrected chi connectivity index (χ1v) is 10.2. The molecule has 0 atom stereocenters. The quantitative estimate of drug-likeness (QED) is 0.462. The van der Waals surface area contributed by atoms with Crippen molar-refractivity contribution in [2.45, 2.75) is 58.3 Å². The third kappa shape index (κ3) is 5.44. The van der Waals surface area contributed by atoms with Gasteiger partial charge in [-0.05, 0) is 73.1 Å². The molecule has 0 heterocycles. The fraction of sp³-hybridized carbons (Fsp3) is 0.417. The molecule has 0 bridgehead atoms. The predicted molar refractivity (Wildman–Crippen MR) is 109 cm³/mol. The third-order valence-electron chi connectivity index (χ3n) is 5.35. The zero-order chi connectivity index (χ0) is 19.9. The highest BCUT2D eigenvalue weighted by atomic mass is 16.5. The van der Waals surface area contributed by atoms with Gasteiger partial charge >= 0.3 is 11.9 Å². The van der Waals surface area contributed by atoms with Gasteiger partial charge in [-0.25, -0.2) is 4.79 Å². The molecule has 3 rings (SSSR count). The molecule has 2 aromatic rings. The van der Waals surface area contributed by atoms with Crippen molar-refractivity contribution in [3.8, 4) is 11.5 Å². The molecule has 0 N–H and O–H groups in total. The molecule has 1 fully saturated rings. The molecule has 0 radical (unpaired) electrons. The number of benzene rings is 2. The summed E-state index contributed by atoms with van der Waals surface area (Å²) in [4.78, 5) is 23.9. The van der Waals surface area contributed by atoms with E-state index < -0.39 is 0 Å². The SMILES string of the molecule is CCCC(=O)Oc1ccc(OC(=O)c2ccc(C3CCC(C)CC3)cc2)cc1. The van der Waals surface area contributed by atoms with Gasteiger partial charge in [0.15, 0.2) is 0 Å². The molecule has 0 aromatic heterocycles. The van der Waals surface area contributed by atoms with Crippen molar-refractivity contribution in [3.63, 3.8) is 0 Å². The summed E-state index contributed by atoms with van der Waals surface area (Å²) in [7, 11) is 0.